The second kappa shape index (κ2) is 3.31. The van der Waals surface area contributed by atoms with Crippen molar-refractivity contribution in [3.8, 4) is 0 Å². The van der Waals surface area contributed by atoms with Crippen molar-refractivity contribution in [3.05, 3.63) is 29.5 Å². The molecule has 1 heterocycles. The zero-order valence-corrected chi connectivity index (χ0v) is 8.53. The maximum absolute atomic E-state index is 11.3. The molecule has 0 spiro atoms. The van der Waals surface area contributed by atoms with E-state index in [9.17, 15) is 4.79 Å². The van der Waals surface area contributed by atoms with Crippen LogP contribution in [0.25, 0.3) is 11.0 Å². The van der Waals surface area contributed by atoms with Crippen LogP contribution in [0, 0.1) is 6.92 Å². The number of anilines is 1. The van der Waals surface area contributed by atoms with Crippen molar-refractivity contribution in [2.24, 2.45) is 0 Å². The van der Waals surface area contributed by atoms with Crippen LogP contribution in [0.5, 0.6) is 0 Å². The van der Waals surface area contributed by atoms with E-state index in [1.165, 1.54) is 7.11 Å². The summed E-state index contributed by atoms with van der Waals surface area (Å²) in [5.74, 6) is -0.236. The third-order valence-electron chi connectivity index (χ3n) is 2.33. The van der Waals surface area contributed by atoms with Crippen LogP contribution in [0.2, 0.25) is 0 Å². The lowest BCUT2D eigenvalue weighted by atomic mass is 10.1. The quantitative estimate of drug-likeness (QED) is 0.572. The van der Waals surface area contributed by atoms with E-state index in [4.69, 9.17) is 10.2 Å². The molecule has 0 aliphatic carbocycles. The summed E-state index contributed by atoms with van der Waals surface area (Å²) in [6.07, 6.45) is 0. The Balaban J connectivity index is 2.69. The molecule has 0 amide bonds. The first kappa shape index (κ1) is 9.58. The van der Waals surface area contributed by atoms with Crippen molar-refractivity contribution in [1.29, 1.82) is 0 Å². The van der Waals surface area contributed by atoms with Gasteiger partial charge in [0.05, 0.1) is 7.11 Å². The molecule has 1 aromatic heterocycles. The van der Waals surface area contributed by atoms with Gasteiger partial charge in [-0.15, -0.1) is 0 Å². The number of fused-ring (bicyclic) bond motifs is 1. The van der Waals surface area contributed by atoms with Crippen LogP contribution in [0.4, 0.5) is 5.69 Å². The average Bonchev–Trinajstić information content (AvgIpc) is 2.55. The molecule has 0 radical (unpaired) electrons. The predicted molar refractivity (Wildman–Crippen MR) is 56.7 cm³/mol. The number of carbonyl (C=O) groups excluding carboxylic acids is 1. The number of ether oxygens (including phenoxy) is 1. The second-order valence-corrected chi connectivity index (χ2v) is 3.30. The van der Waals surface area contributed by atoms with E-state index in [-0.39, 0.29) is 5.76 Å². The Labute approximate surface area is 86.6 Å². The highest BCUT2D eigenvalue weighted by atomic mass is 16.5. The van der Waals surface area contributed by atoms with Crippen LogP contribution in [0.3, 0.4) is 0 Å². The van der Waals surface area contributed by atoms with Crippen molar-refractivity contribution in [3.63, 3.8) is 0 Å². The smallest absolute Gasteiger partial charge is 0.374 e. The number of esters is 1. The first-order valence-electron chi connectivity index (χ1n) is 4.50. The van der Waals surface area contributed by atoms with Gasteiger partial charge in [0.2, 0.25) is 5.76 Å². The third kappa shape index (κ3) is 1.44. The first-order valence-corrected chi connectivity index (χ1v) is 4.50. The normalized spacial score (nSPS) is 10.5. The number of nitrogen functional groups attached to an aromatic ring is 1. The summed E-state index contributed by atoms with van der Waals surface area (Å²) >= 11 is 0. The van der Waals surface area contributed by atoms with E-state index in [2.05, 4.69) is 4.74 Å². The van der Waals surface area contributed by atoms with Crippen molar-refractivity contribution in [2.75, 3.05) is 12.8 Å². The highest BCUT2D eigenvalue weighted by molar-refractivity contribution is 5.96. The zero-order chi connectivity index (χ0) is 11.0. The van der Waals surface area contributed by atoms with E-state index in [0.29, 0.717) is 11.3 Å². The minimum atomic E-state index is -0.470. The van der Waals surface area contributed by atoms with Gasteiger partial charge in [-0.1, -0.05) is 0 Å². The summed E-state index contributed by atoms with van der Waals surface area (Å²) in [6.45, 7) is 1.80. The fourth-order valence-electron chi connectivity index (χ4n) is 1.53. The number of hydrogen-bond donors (Lipinski definition) is 1. The minimum Gasteiger partial charge on any atom is -0.463 e. The summed E-state index contributed by atoms with van der Waals surface area (Å²) in [6, 6.07) is 5.25. The topological polar surface area (TPSA) is 65.5 Å². The van der Waals surface area contributed by atoms with E-state index >= 15 is 0 Å². The highest BCUT2D eigenvalue weighted by Crippen LogP contribution is 2.27. The SMILES string of the molecule is COC(=O)c1oc2ccc(N)cc2c1C. The summed E-state index contributed by atoms with van der Waals surface area (Å²) < 4.78 is 9.99. The van der Waals surface area contributed by atoms with Gasteiger partial charge in [0, 0.05) is 16.6 Å². The van der Waals surface area contributed by atoms with Gasteiger partial charge in [-0.25, -0.2) is 4.79 Å². The summed E-state index contributed by atoms with van der Waals surface area (Å²) in [4.78, 5) is 11.3. The number of nitrogens with two attached hydrogens (primary N) is 1. The number of carbonyl (C=O) groups is 1. The predicted octanol–water partition coefficient (Wildman–Crippen LogP) is 2.11. The molecule has 0 saturated carbocycles. The van der Waals surface area contributed by atoms with Gasteiger partial charge in [-0.05, 0) is 25.1 Å². The molecule has 78 valence electrons. The van der Waals surface area contributed by atoms with Crippen LogP contribution in [0.15, 0.2) is 22.6 Å². The van der Waals surface area contributed by atoms with E-state index in [1.807, 2.05) is 0 Å². The number of aryl methyl sites for hydroxylation is 1. The number of benzene rings is 1. The van der Waals surface area contributed by atoms with Gasteiger partial charge >= 0.3 is 5.97 Å². The molecule has 1 aromatic carbocycles. The summed E-state index contributed by atoms with van der Waals surface area (Å²) in [5.41, 5.74) is 7.69. The lowest BCUT2D eigenvalue weighted by Crippen LogP contribution is -2.00. The van der Waals surface area contributed by atoms with Gasteiger partial charge in [0.1, 0.15) is 5.58 Å². The largest absolute Gasteiger partial charge is 0.463 e. The first-order chi connectivity index (χ1) is 7.13. The van der Waals surface area contributed by atoms with E-state index in [0.717, 1.165) is 10.9 Å². The Morgan fingerprint density at radius 1 is 1.47 bits per heavy atom. The van der Waals surface area contributed by atoms with Crippen molar-refractivity contribution < 1.29 is 13.9 Å². The van der Waals surface area contributed by atoms with Crippen LogP contribution in [0.1, 0.15) is 16.1 Å². The van der Waals surface area contributed by atoms with Gasteiger partial charge in [0.25, 0.3) is 0 Å². The Morgan fingerprint density at radius 2 is 2.20 bits per heavy atom. The maximum Gasteiger partial charge on any atom is 0.374 e. The fourth-order valence-corrected chi connectivity index (χ4v) is 1.53. The lowest BCUT2D eigenvalue weighted by Gasteiger charge is -1.94. The molecule has 2 aromatic rings. The van der Waals surface area contributed by atoms with Gasteiger partial charge < -0.3 is 14.9 Å². The zero-order valence-electron chi connectivity index (χ0n) is 8.53. The van der Waals surface area contributed by atoms with Gasteiger partial charge in [0.15, 0.2) is 0 Å². The Bertz CT molecular complexity index is 528. The van der Waals surface area contributed by atoms with Gasteiger partial charge in [-0.2, -0.15) is 0 Å². The monoisotopic (exact) mass is 205 g/mol. The standard InChI is InChI=1S/C11H11NO3/c1-6-8-5-7(12)3-4-9(8)15-10(6)11(13)14-2/h3-5H,12H2,1-2H3. The van der Waals surface area contributed by atoms with Crippen LogP contribution in [-0.2, 0) is 4.74 Å². The molecule has 0 bridgehead atoms. The van der Waals surface area contributed by atoms with E-state index < -0.39 is 5.97 Å². The molecule has 0 unspecified atom stereocenters. The second-order valence-electron chi connectivity index (χ2n) is 3.30. The molecular formula is C11H11NO3. The fraction of sp³-hybridized carbons (Fsp3) is 0.182. The molecule has 0 aliphatic heterocycles. The van der Waals surface area contributed by atoms with Crippen LogP contribution in [-0.4, -0.2) is 13.1 Å². The Kier molecular flexibility index (Phi) is 2.11. The van der Waals surface area contributed by atoms with Crippen molar-refractivity contribution >= 4 is 22.6 Å². The Hall–Kier alpha value is -1.97. The number of hydrogen-bond acceptors (Lipinski definition) is 4. The number of methoxy groups -OCH3 is 1. The van der Waals surface area contributed by atoms with E-state index in [1.54, 1.807) is 25.1 Å². The molecule has 0 atom stereocenters. The average molecular weight is 205 g/mol. The van der Waals surface area contributed by atoms with Gasteiger partial charge in [-0.3, -0.25) is 0 Å². The molecule has 4 nitrogen and oxygen atoms in total. The molecule has 2 rings (SSSR count). The highest BCUT2D eigenvalue weighted by Gasteiger charge is 2.17. The summed E-state index contributed by atoms with van der Waals surface area (Å²) in [5, 5.41) is 0.843. The molecule has 15 heavy (non-hydrogen) atoms. The Morgan fingerprint density at radius 3 is 2.87 bits per heavy atom. The van der Waals surface area contributed by atoms with Crippen LogP contribution >= 0.6 is 0 Å². The number of rotatable bonds is 1. The molecule has 2 N–H and O–H groups in total. The lowest BCUT2D eigenvalue weighted by molar-refractivity contribution is 0.0566. The third-order valence-corrected chi connectivity index (χ3v) is 2.33. The van der Waals surface area contributed by atoms with Crippen molar-refractivity contribution in [2.45, 2.75) is 6.92 Å². The van der Waals surface area contributed by atoms with Crippen molar-refractivity contribution in [1.82, 2.24) is 0 Å². The molecule has 0 saturated heterocycles. The minimum absolute atomic E-state index is 0.234. The molecule has 0 aliphatic rings. The maximum atomic E-state index is 11.3. The molecular weight excluding hydrogens is 194 g/mol. The molecule has 4 heteroatoms. The number of furan rings is 1. The van der Waals surface area contributed by atoms with Crippen LogP contribution < -0.4 is 5.73 Å². The summed E-state index contributed by atoms with van der Waals surface area (Å²) in [7, 11) is 1.32. The molecule has 0 fully saturated rings.